The first-order chi connectivity index (χ1) is 7.14. The largest absolute Gasteiger partial charge is 0.359 e. The van der Waals surface area contributed by atoms with Crippen LogP contribution < -0.4 is 5.32 Å². The number of hydrogen-bond donors (Lipinski definition) is 1. The predicted octanol–water partition coefficient (Wildman–Crippen LogP) is 0.0757. The molecule has 76 valence electrons. The average Bonchev–Trinajstić information content (AvgIpc) is 2.99. The zero-order chi connectivity index (χ0) is 10.9. The molecule has 0 bridgehead atoms. The maximum Gasteiger partial charge on any atom is 0.258 e. The summed E-state index contributed by atoms with van der Waals surface area (Å²) >= 11 is 0. The molecular weight excluding hydrogens is 196 g/mol. The van der Waals surface area contributed by atoms with E-state index in [9.17, 15) is 4.79 Å². The highest BCUT2D eigenvalue weighted by Gasteiger charge is 2.47. The van der Waals surface area contributed by atoms with Crippen LogP contribution >= 0.6 is 0 Å². The number of ether oxygens (including phenoxy) is 1. The lowest BCUT2D eigenvalue weighted by Crippen LogP contribution is -2.28. The van der Waals surface area contributed by atoms with Crippen molar-refractivity contribution in [2.24, 2.45) is 0 Å². The van der Waals surface area contributed by atoms with Gasteiger partial charge in [0.05, 0.1) is 24.7 Å². The number of carbonyl (C=O) groups excluding carboxylic acids is 1. The monoisotopic (exact) mass is 204 g/mol. The molecule has 1 amide bonds. The number of hydrogen-bond acceptors (Lipinski definition) is 5. The van der Waals surface area contributed by atoms with Gasteiger partial charge in [-0.15, -0.1) is 0 Å². The molecule has 1 atom stereocenters. The Hall–Kier alpha value is -2.00. The van der Waals surface area contributed by atoms with Crippen molar-refractivity contribution in [2.45, 2.75) is 12.5 Å². The smallest absolute Gasteiger partial charge is 0.258 e. The molecule has 0 saturated carbocycles. The van der Waals surface area contributed by atoms with Gasteiger partial charge in [-0.25, -0.2) is 9.97 Å². The molecule has 2 rings (SSSR count). The number of nitriles is 1. The second kappa shape index (κ2) is 3.29. The molecule has 1 aromatic rings. The van der Waals surface area contributed by atoms with E-state index in [-0.39, 0.29) is 11.7 Å². The number of nitrogens with zero attached hydrogens (tertiary/aromatic N) is 3. The lowest BCUT2D eigenvalue weighted by molar-refractivity contribution is -0.120. The first-order valence-electron chi connectivity index (χ1n) is 4.32. The average molecular weight is 204 g/mol. The highest BCUT2D eigenvalue weighted by molar-refractivity contribution is 5.98. The molecule has 0 spiro atoms. The van der Waals surface area contributed by atoms with Crippen LogP contribution in [-0.4, -0.2) is 28.1 Å². The number of epoxide rings is 1. The van der Waals surface area contributed by atoms with Crippen LogP contribution in [0.2, 0.25) is 0 Å². The van der Waals surface area contributed by atoms with Gasteiger partial charge in [0.15, 0.2) is 5.60 Å². The SMILES string of the molecule is CC1(C(=O)Nc2cnc(C#N)nc2)CO1. The van der Waals surface area contributed by atoms with Gasteiger partial charge < -0.3 is 10.1 Å². The van der Waals surface area contributed by atoms with Crippen molar-refractivity contribution in [3.63, 3.8) is 0 Å². The Bertz CT molecular complexity index is 430. The number of anilines is 1. The Morgan fingerprint density at radius 2 is 2.27 bits per heavy atom. The van der Waals surface area contributed by atoms with E-state index in [1.165, 1.54) is 12.4 Å². The van der Waals surface area contributed by atoms with Crippen molar-refractivity contribution < 1.29 is 9.53 Å². The minimum Gasteiger partial charge on any atom is -0.359 e. The van der Waals surface area contributed by atoms with Gasteiger partial charge in [0.2, 0.25) is 5.82 Å². The van der Waals surface area contributed by atoms with Gasteiger partial charge in [-0.05, 0) is 6.92 Å². The van der Waals surface area contributed by atoms with E-state index in [0.717, 1.165) is 0 Å². The van der Waals surface area contributed by atoms with Crippen LogP contribution in [-0.2, 0) is 9.53 Å². The lowest BCUT2D eigenvalue weighted by Gasteiger charge is -2.06. The molecule has 0 aromatic carbocycles. The van der Waals surface area contributed by atoms with E-state index in [4.69, 9.17) is 10.00 Å². The van der Waals surface area contributed by atoms with Crippen molar-refractivity contribution >= 4 is 11.6 Å². The standard InChI is InChI=1S/C9H8N4O2/c1-9(5-15-9)8(14)13-6-3-11-7(2-10)12-4-6/h3-4H,5H2,1H3,(H,13,14). The maximum atomic E-state index is 11.5. The molecule has 0 aliphatic carbocycles. The molecule has 0 radical (unpaired) electrons. The zero-order valence-electron chi connectivity index (χ0n) is 8.02. The van der Waals surface area contributed by atoms with E-state index < -0.39 is 5.60 Å². The molecular formula is C9H8N4O2. The quantitative estimate of drug-likeness (QED) is 0.688. The molecule has 6 nitrogen and oxygen atoms in total. The van der Waals surface area contributed by atoms with E-state index in [1.807, 2.05) is 0 Å². The summed E-state index contributed by atoms with van der Waals surface area (Å²) in [5.41, 5.74) is -0.260. The molecule has 1 aliphatic heterocycles. The van der Waals surface area contributed by atoms with Crippen molar-refractivity contribution in [3.05, 3.63) is 18.2 Å². The summed E-state index contributed by atoms with van der Waals surface area (Å²) in [6.07, 6.45) is 2.77. The van der Waals surface area contributed by atoms with Crippen LogP contribution in [0.15, 0.2) is 12.4 Å². The van der Waals surface area contributed by atoms with Crippen molar-refractivity contribution in [2.75, 3.05) is 11.9 Å². The molecule has 6 heteroatoms. The van der Waals surface area contributed by atoms with Gasteiger partial charge in [0, 0.05) is 0 Å². The van der Waals surface area contributed by atoms with E-state index in [1.54, 1.807) is 13.0 Å². The molecule has 1 fully saturated rings. The van der Waals surface area contributed by atoms with Crippen molar-refractivity contribution in [1.82, 2.24) is 9.97 Å². The number of nitrogens with one attached hydrogen (secondary N) is 1. The summed E-state index contributed by atoms with van der Waals surface area (Å²) in [5.74, 6) is -0.155. The first kappa shape index (κ1) is 9.55. The molecule has 1 aliphatic rings. The molecule has 1 N–H and O–H groups in total. The fourth-order valence-corrected chi connectivity index (χ4v) is 0.953. The normalized spacial score (nSPS) is 22.9. The third kappa shape index (κ3) is 1.92. The summed E-state index contributed by atoms with van der Waals surface area (Å²) < 4.78 is 4.97. The summed E-state index contributed by atoms with van der Waals surface area (Å²) in [4.78, 5) is 18.9. The second-order valence-electron chi connectivity index (χ2n) is 3.38. The summed E-state index contributed by atoms with van der Waals surface area (Å²) in [5, 5.41) is 11.1. The van der Waals surface area contributed by atoms with Crippen LogP contribution in [0.5, 0.6) is 0 Å². The van der Waals surface area contributed by atoms with E-state index >= 15 is 0 Å². The Morgan fingerprint density at radius 1 is 1.67 bits per heavy atom. The highest BCUT2D eigenvalue weighted by Crippen LogP contribution is 2.27. The number of rotatable bonds is 2. The summed E-state index contributed by atoms with van der Waals surface area (Å²) in [7, 11) is 0. The molecule has 2 heterocycles. The Morgan fingerprint density at radius 3 is 2.73 bits per heavy atom. The Kier molecular flexibility index (Phi) is 2.10. The van der Waals surface area contributed by atoms with E-state index in [0.29, 0.717) is 12.3 Å². The van der Waals surface area contributed by atoms with Crippen LogP contribution in [0.3, 0.4) is 0 Å². The van der Waals surface area contributed by atoms with Crippen LogP contribution in [0, 0.1) is 11.3 Å². The van der Waals surface area contributed by atoms with Crippen LogP contribution in [0.25, 0.3) is 0 Å². The molecule has 15 heavy (non-hydrogen) atoms. The minimum atomic E-state index is -0.714. The topological polar surface area (TPSA) is 91.2 Å². The predicted molar refractivity (Wildman–Crippen MR) is 49.7 cm³/mol. The fourth-order valence-electron chi connectivity index (χ4n) is 0.953. The summed E-state index contributed by atoms with van der Waals surface area (Å²) in [6.45, 7) is 2.13. The lowest BCUT2D eigenvalue weighted by atomic mass is 10.2. The molecule has 1 saturated heterocycles. The van der Waals surface area contributed by atoms with Gasteiger partial charge in [-0.1, -0.05) is 0 Å². The van der Waals surface area contributed by atoms with E-state index in [2.05, 4.69) is 15.3 Å². The van der Waals surface area contributed by atoms with Crippen LogP contribution in [0.4, 0.5) is 5.69 Å². The van der Waals surface area contributed by atoms with Crippen LogP contribution in [0.1, 0.15) is 12.7 Å². The summed E-state index contributed by atoms with van der Waals surface area (Å²) in [6, 6.07) is 1.79. The number of aromatic nitrogens is 2. The zero-order valence-corrected chi connectivity index (χ0v) is 8.02. The van der Waals surface area contributed by atoms with Gasteiger partial charge >= 0.3 is 0 Å². The Balaban J connectivity index is 2.05. The number of carbonyl (C=O) groups is 1. The third-order valence-electron chi connectivity index (χ3n) is 2.07. The van der Waals surface area contributed by atoms with Gasteiger partial charge in [-0.2, -0.15) is 5.26 Å². The third-order valence-corrected chi connectivity index (χ3v) is 2.07. The molecule has 1 unspecified atom stereocenters. The van der Waals surface area contributed by atoms with Gasteiger partial charge in [-0.3, -0.25) is 4.79 Å². The second-order valence-corrected chi connectivity index (χ2v) is 3.38. The van der Waals surface area contributed by atoms with Gasteiger partial charge in [0.1, 0.15) is 6.07 Å². The highest BCUT2D eigenvalue weighted by atomic mass is 16.6. The number of amides is 1. The molecule has 1 aromatic heterocycles. The fraction of sp³-hybridized carbons (Fsp3) is 0.333. The Labute approximate surface area is 85.9 Å². The maximum absolute atomic E-state index is 11.5. The van der Waals surface area contributed by atoms with Crippen molar-refractivity contribution in [3.8, 4) is 6.07 Å². The van der Waals surface area contributed by atoms with Gasteiger partial charge in [0.25, 0.3) is 5.91 Å². The minimum absolute atomic E-state index is 0.0712. The van der Waals surface area contributed by atoms with Crippen molar-refractivity contribution in [1.29, 1.82) is 5.26 Å². The first-order valence-corrected chi connectivity index (χ1v) is 4.32.